The summed E-state index contributed by atoms with van der Waals surface area (Å²) >= 11 is 1.87. The molecular weight excluding hydrogens is 651 g/mol. The van der Waals surface area contributed by atoms with Crippen LogP contribution >= 0.6 is 11.8 Å². The van der Waals surface area contributed by atoms with Crippen molar-refractivity contribution in [3.05, 3.63) is 198 Å². The van der Waals surface area contributed by atoms with Gasteiger partial charge >= 0.3 is 0 Å². The van der Waals surface area contributed by atoms with E-state index < -0.39 is 5.41 Å². The predicted octanol–water partition coefficient (Wildman–Crippen LogP) is 12.0. The molecule has 0 saturated carbocycles. The van der Waals surface area contributed by atoms with E-state index in [1.54, 1.807) is 0 Å². The van der Waals surface area contributed by atoms with Gasteiger partial charge in [-0.1, -0.05) is 157 Å². The summed E-state index contributed by atoms with van der Waals surface area (Å²) < 4.78 is 0. The van der Waals surface area contributed by atoms with Crippen molar-refractivity contribution in [1.82, 2.24) is 15.0 Å². The number of hydrogen-bond acceptors (Lipinski definition) is 4. The third kappa shape index (κ3) is 4.31. The van der Waals surface area contributed by atoms with E-state index in [4.69, 9.17) is 15.0 Å². The number of hydrogen-bond donors (Lipinski definition) is 0. The lowest BCUT2D eigenvalue weighted by Crippen LogP contribution is -2.31. The first kappa shape index (κ1) is 29.4. The van der Waals surface area contributed by atoms with Gasteiger partial charge in [-0.05, 0) is 85.3 Å². The van der Waals surface area contributed by atoms with E-state index in [1.807, 2.05) is 30.0 Å². The van der Waals surface area contributed by atoms with Gasteiger partial charge in [-0.15, -0.1) is 0 Å². The highest BCUT2D eigenvalue weighted by Crippen LogP contribution is 2.62. The van der Waals surface area contributed by atoms with Gasteiger partial charge in [0.05, 0.1) is 5.41 Å². The van der Waals surface area contributed by atoms with Crippen LogP contribution in [0.1, 0.15) is 22.3 Å². The summed E-state index contributed by atoms with van der Waals surface area (Å²) in [4.78, 5) is 17.7. The molecule has 1 spiro atoms. The molecule has 8 aromatic carbocycles. The van der Waals surface area contributed by atoms with Gasteiger partial charge in [-0.2, -0.15) is 0 Å². The fourth-order valence-corrected chi connectivity index (χ4v) is 9.64. The van der Waals surface area contributed by atoms with Gasteiger partial charge in [0.15, 0.2) is 17.5 Å². The van der Waals surface area contributed by atoms with E-state index in [0.717, 1.165) is 27.5 Å². The van der Waals surface area contributed by atoms with Crippen molar-refractivity contribution in [2.24, 2.45) is 0 Å². The molecule has 0 radical (unpaired) electrons. The van der Waals surface area contributed by atoms with Crippen LogP contribution in [0, 0.1) is 0 Å². The summed E-state index contributed by atoms with van der Waals surface area (Å²) in [5.41, 5.74) is 10.5. The van der Waals surface area contributed by atoms with Crippen molar-refractivity contribution in [3.63, 3.8) is 0 Å². The molecule has 11 rings (SSSR count). The van der Waals surface area contributed by atoms with Gasteiger partial charge < -0.3 is 0 Å². The highest BCUT2D eigenvalue weighted by Gasteiger charge is 2.50. The molecule has 3 nitrogen and oxygen atoms in total. The molecule has 2 heterocycles. The number of aromatic nitrogens is 3. The van der Waals surface area contributed by atoms with Crippen molar-refractivity contribution in [3.8, 4) is 45.3 Å². The van der Waals surface area contributed by atoms with Gasteiger partial charge in [0, 0.05) is 26.5 Å². The topological polar surface area (TPSA) is 38.7 Å². The predicted molar refractivity (Wildman–Crippen MR) is 213 cm³/mol. The monoisotopic (exact) mass is 679 g/mol. The summed E-state index contributed by atoms with van der Waals surface area (Å²) in [6, 6.07) is 63.3. The Morgan fingerprint density at radius 3 is 1.56 bits per heavy atom. The molecule has 0 bridgehead atoms. The SMILES string of the molecule is c1ccc(-c2nc(-c3ccc4ccccc4c3)nc(-c3ccc4cc5c(cc4c3)Sc3ccccc3C53c4ccccc4-c4ccccc43)n2)cc1. The lowest BCUT2D eigenvalue weighted by molar-refractivity contribution is 0.724. The van der Waals surface area contributed by atoms with Gasteiger partial charge in [0.25, 0.3) is 0 Å². The van der Waals surface area contributed by atoms with Crippen LogP contribution in [0.3, 0.4) is 0 Å². The van der Waals surface area contributed by atoms with Crippen molar-refractivity contribution in [2.75, 3.05) is 0 Å². The second-order valence-electron chi connectivity index (χ2n) is 13.6. The molecule has 52 heavy (non-hydrogen) atoms. The molecule has 1 aliphatic heterocycles. The molecule has 0 N–H and O–H groups in total. The molecule has 0 amide bonds. The third-order valence-electron chi connectivity index (χ3n) is 10.7. The van der Waals surface area contributed by atoms with Crippen molar-refractivity contribution >= 4 is 33.3 Å². The second kappa shape index (κ2) is 11.3. The maximum atomic E-state index is 5.11. The Morgan fingerprint density at radius 2 is 0.846 bits per heavy atom. The van der Waals surface area contributed by atoms with E-state index in [2.05, 4.69) is 158 Å². The average Bonchev–Trinajstić information content (AvgIpc) is 3.51. The van der Waals surface area contributed by atoms with Crippen molar-refractivity contribution < 1.29 is 0 Å². The maximum Gasteiger partial charge on any atom is 0.164 e. The molecule has 0 unspecified atom stereocenters. The van der Waals surface area contributed by atoms with Crippen LogP contribution in [0.25, 0.3) is 66.8 Å². The Hall–Kier alpha value is -6.36. The molecule has 0 saturated heterocycles. The number of nitrogens with zero attached hydrogens (tertiary/aromatic N) is 3. The molecule has 1 aromatic heterocycles. The van der Waals surface area contributed by atoms with Crippen LogP contribution in [0.4, 0.5) is 0 Å². The van der Waals surface area contributed by atoms with Gasteiger partial charge in [0.1, 0.15) is 0 Å². The Balaban J connectivity index is 1.11. The van der Waals surface area contributed by atoms with E-state index in [0.29, 0.717) is 17.5 Å². The first-order valence-electron chi connectivity index (χ1n) is 17.6. The highest BCUT2D eigenvalue weighted by molar-refractivity contribution is 7.99. The summed E-state index contributed by atoms with van der Waals surface area (Å²) in [6.45, 7) is 0. The van der Waals surface area contributed by atoms with Crippen LogP contribution in [0.2, 0.25) is 0 Å². The summed E-state index contributed by atoms with van der Waals surface area (Å²) in [6.07, 6.45) is 0. The highest BCUT2D eigenvalue weighted by atomic mass is 32.2. The number of rotatable bonds is 3. The summed E-state index contributed by atoms with van der Waals surface area (Å²) in [7, 11) is 0. The molecule has 4 heteroatoms. The van der Waals surface area contributed by atoms with Crippen LogP contribution in [0.15, 0.2) is 186 Å². The molecular formula is C48H29N3S. The normalized spacial score (nSPS) is 13.5. The third-order valence-corrected chi connectivity index (χ3v) is 11.9. The zero-order valence-corrected chi connectivity index (χ0v) is 28.8. The smallest absolute Gasteiger partial charge is 0.164 e. The molecule has 2 aliphatic rings. The van der Waals surface area contributed by atoms with Gasteiger partial charge in [0.2, 0.25) is 0 Å². The fourth-order valence-electron chi connectivity index (χ4n) is 8.42. The summed E-state index contributed by atoms with van der Waals surface area (Å²) in [5.74, 6) is 1.98. The number of benzene rings is 8. The van der Waals surface area contributed by atoms with E-state index in [-0.39, 0.29) is 0 Å². The van der Waals surface area contributed by atoms with Crippen LogP contribution in [-0.4, -0.2) is 15.0 Å². The molecule has 1 aliphatic carbocycles. The van der Waals surface area contributed by atoms with E-state index >= 15 is 0 Å². The van der Waals surface area contributed by atoms with Crippen molar-refractivity contribution in [1.29, 1.82) is 0 Å². The zero-order chi connectivity index (χ0) is 34.2. The Kier molecular flexibility index (Phi) is 6.40. The molecule has 0 atom stereocenters. The molecule has 242 valence electrons. The van der Waals surface area contributed by atoms with Crippen LogP contribution in [-0.2, 0) is 5.41 Å². The first-order valence-corrected chi connectivity index (χ1v) is 18.4. The Morgan fingerprint density at radius 1 is 0.327 bits per heavy atom. The zero-order valence-electron chi connectivity index (χ0n) is 28.0. The molecule has 9 aromatic rings. The minimum Gasteiger partial charge on any atom is -0.208 e. The quantitative estimate of drug-likeness (QED) is 0.186. The Bertz CT molecular complexity index is 2850. The average molecular weight is 680 g/mol. The van der Waals surface area contributed by atoms with E-state index in [1.165, 1.54) is 53.9 Å². The van der Waals surface area contributed by atoms with Gasteiger partial charge in [-0.25, -0.2) is 15.0 Å². The minimum atomic E-state index is -0.398. The number of fused-ring (bicyclic) bond motifs is 11. The minimum absolute atomic E-state index is 0.398. The maximum absolute atomic E-state index is 5.11. The van der Waals surface area contributed by atoms with Crippen LogP contribution < -0.4 is 0 Å². The van der Waals surface area contributed by atoms with Crippen LogP contribution in [0.5, 0.6) is 0 Å². The lowest BCUT2D eigenvalue weighted by Gasteiger charge is -2.39. The standard InChI is InChI=1S/C48H29N3S/c1-2-13-31(14-3-1)45-49-46(34-24-22-30-12-4-5-15-32(30)26-34)51-47(50-45)35-25-23-33-28-42-44(29-36(33)27-35)52-43-21-11-10-20-41(43)48(42)39-18-8-6-16-37(39)38-17-7-9-19-40(38)48/h1-29H. The lowest BCUT2D eigenvalue weighted by atomic mass is 9.67. The first-order chi connectivity index (χ1) is 25.7. The molecule has 0 fully saturated rings. The van der Waals surface area contributed by atoms with Crippen molar-refractivity contribution in [2.45, 2.75) is 15.2 Å². The second-order valence-corrected chi connectivity index (χ2v) is 14.7. The van der Waals surface area contributed by atoms with Gasteiger partial charge in [-0.3, -0.25) is 0 Å². The summed E-state index contributed by atoms with van der Waals surface area (Å²) in [5, 5.41) is 4.69. The Labute approximate surface area is 305 Å². The van der Waals surface area contributed by atoms with E-state index in [9.17, 15) is 0 Å². The largest absolute Gasteiger partial charge is 0.208 e. The fraction of sp³-hybridized carbons (Fsp3) is 0.0208.